The Balaban J connectivity index is 0.000000302. The van der Waals surface area contributed by atoms with Gasteiger partial charge >= 0.3 is 51.2 Å². The molecule has 0 saturated heterocycles. The first-order chi connectivity index (χ1) is 43.1. The zero-order chi connectivity index (χ0) is 68.9. The second-order valence-electron chi connectivity index (χ2n) is 17.6. The quantitative estimate of drug-likeness (QED) is 0.0540. The SMILES string of the molecule is O=C([O-])c1[nH]n(-c2ccc(S(=O)(=O)[O-])cc2)c(=O)c1N=Nc1ccc(S(=O)(=O)[O-])cc1.O=C([O-])c1[nH]n(-c2ccc(S(=O)(=O)[O-])cc2)c(=O)c1N=Nc1ccc(S(=O)(=O)[O-])cc1.O=C([O-])c1[nH]n(-c2ccc(S(=O)(=O)[O-])cc2)c(=O)c1N=Nc1ccc(S(=O)(=O)[O-])cc1.[Fe+3].[Fe+3].[Fe+3]. The number of carboxylic acid groups (broad SMARTS) is 3. The van der Waals surface area contributed by atoms with Gasteiger partial charge in [0.05, 0.1) is 81.4 Å². The molecule has 48 heteroatoms. The Hall–Kier alpha value is -9.42. The first kappa shape index (κ1) is 79.0. The van der Waals surface area contributed by atoms with Gasteiger partial charge in [-0.25, -0.2) is 64.6 Å². The van der Waals surface area contributed by atoms with Crippen molar-refractivity contribution in [1.82, 2.24) is 29.3 Å². The summed E-state index contributed by atoms with van der Waals surface area (Å²) in [5.74, 6) is -5.39. The fourth-order valence-corrected chi connectivity index (χ4v) is 10.00. The molecule has 0 spiro atoms. The molecule has 0 bridgehead atoms. The molecular formula is C48H27Fe3N12O27S6. The molecule has 0 aliphatic carbocycles. The Morgan fingerprint density at radius 2 is 0.438 bits per heavy atom. The van der Waals surface area contributed by atoms with E-state index in [9.17, 15) is 122 Å². The number of aromatic nitrogens is 6. The van der Waals surface area contributed by atoms with Crippen LogP contribution in [0.15, 0.2) is 220 Å². The Morgan fingerprint density at radius 1 is 0.281 bits per heavy atom. The van der Waals surface area contributed by atoms with E-state index in [2.05, 4.69) is 46.0 Å². The van der Waals surface area contributed by atoms with Crippen LogP contribution in [0.3, 0.4) is 0 Å². The molecule has 0 aliphatic rings. The minimum Gasteiger partial charge on any atom is -0.744 e. The molecule has 3 heterocycles. The van der Waals surface area contributed by atoms with E-state index in [1.54, 1.807) is 0 Å². The fraction of sp³-hybridized carbons (Fsp3) is 0. The number of carbonyl (C=O) groups is 3. The normalized spacial score (nSPS) is 11.9. The average Bonchev–Trinajstić information content (AvgIpc) is 1.67. The van der Waals surface area contributed by atoms with E-state index in [4.69, 9.17) is 0 Å². The van der Waals surface area contributed by atoms with Crippen LogP contribution >= 0.6 is 0 Å². The van der Waals surface area contributed by atoms with Gasteiger partial charge in [0.1, 0.15) is 77.8 Å². The van der Waals surface area contributed by atoms with Gasteiger partial charge in [0.15, 0.2) is 17.1 Å². The predicted molar refractivity (Wildman–Crippen MR) is 292 cm³/mol. The summed E-state index contributed by atoms with van der Waals surface area (Å²) >= 11 is 0. The van der Waals surface area contributed by atoms with Crippen molar-refractivity contribution >= 4 is 113 Å². The molecule has 3 radical (unpaired) electrons. The third kappa shape index (κ3) is 19.6. The van der Waals surface area contributed by atoms with Gasteiger partial charge in [-0.2, -0.15) is 15.3 Å². The number of aromatic amines is 3. The molecule has 9 rings (SSSR count). The number of aromatic carboxylic acids is 3. The summed E-state index contributed by atoms with van der Waals surface area (Å²) in [4.78, 5) is 68.5. The van der Waals surface area contributed by atoms with Crippen molar-refractivity contribution in [2.75, 3.05) is 0 Å². The number of H-pyrrole nitrogens is 3. The van der Waals surface area contributed by atoms with Crippen molar-refractivity contribution in [3.63, 3.8) is 0 Å². The van der Waals surface area contributed by atoms with Crippen LogP contribution in [0, 0.1) is 0 Å². The van der Waals surface area contributed by atoms with Crippen LogP contribution in [-0.2, 0) is 112 Å². The van der Waals surface area contributed by atoms with Crippen molar-refractivity contribution < 1.29 is 159 Å². The summed E-state index contributed by atoms with van der Waals surface area (Å²) in [6, 6.07) is 24.5. The molecule has 6 aromatic carbocycles. The second-order valence-corrected chi connectivity index (χ2v) is 25.9. The van der Waals surface area contributed by atoms with E-state index in [0.29, 0.717) is 14.0 Å². The molecule has 501 valence electrons. The van der Waals surface area contributed by atoms with Crippen LogP contribution in [0.5, 0.6) is 0 Å². The average molecular weight is 1560 g/mol. The van der Waals surface area contributed by atoms with Crippen molar-refractivity contribution in [2.45, 2.75) is 29.4 Å². The molecule has 0 saturated carbocycles. The van der Waals surface area contributed by atoms with Crippen LogP contribution in [0.2, 0.25) is 0 Å². The van der Waals surface area contributed by atoms with Gasteiger partial charge in [0.2, 0.25) is 0 Å². The molecule has 0 fully saturated rings. The Kier molecular flexibility index (Phi) is 25.5. The maximum atomic E-state index is 12.6. The zero-order valence-corrected chi connectivity index (χ0v) is 54.1. The van der Waals surface area contributed by atoms with E-state index in [-0.39, 0.29) is 85.3 Å². The first-order valence-corrected chi connectivity index (χ1v) is 32.4. The van der Waals surface area contributed by atoms with Crippen LogP contribution in [0.25, 0.3) is 17.1 Å². The van der Waals surface area contributed by atoms with Crippen molar-refractivity contribution in [3.05, 3.63) is 194 Å². The van der Waals surface area contributed by atoms with Crippen LogP contribution in [-0.4, -0.2) is 125 Å². The van der Waals surface area contributed by atoms with Gasteiger partial charge in [-0.1, -0.05) is 0 Å². The molecule has 0 aliphatic heterocycles. The number of azo groups is 3. The summed E-state index contributed by atoms with van der Waals surface area (Å²) in [5.41, 5.74) is -7.18. The maximum absolute atomic E-state index is 12.6. The number of rotatable bonds is 18. The van der Waals surface area contributed by atoms with E-state index in [1.807, 2.05) is 0 Å². The van der Waals surface area contributed by atoms with E-state index in [1.165, 1.54) is 0 Å². The third-order valence-electron chi connectivity index (χ3n) is 11.5. The molecule has 0 amide bonds. The predicted octanol–water partition coefficient (Wildman–Crippen LogP) is -0.749. The smallest absolute Gasteiger partial charge is 0.744 e. The summed E-state index contributed by atoms with van der Waals surface area (Å²) in [5, 5.41) is 62.3. The molecule has 96 heavy (non-hydrogen) atoms. The third-order valence-corrected chi connectivity index (χ3v) is 16.6. The second kappa shape index (κ2) is 31.0. The van der Waals surface area contributed by atoms with Gasteiger partial charge in [0, 0.05) is 0 Å². The number of nitrogens with zero attached hydrogens (tertiary/aromatic N) is 9. The Labute approximate surface area is 567 Å². The number of carboxylic acids is 3. The Bertz CT molecular complexity index is 4910. The molecule has 0 atom stereocenters. The molecule has 3 N–H and O–H groups in total. The minimum absolute atomic E-state index is 0. The van der Waals surface area contributed by atoms with Crippen molar-refractivity contribution in [1.29, 1.82) is 0 Å². The van der Waals surface area contributed by atoms with Gasteiger partial charge < -0.3 is 57.0 Å². The number of hydrogen-bond donors (Lipinski definition) is 3. The van der Waals surface area contributed by atoms with E-state index in [0.717, 1.165) is 146 Å². The summed E-state index contributed by atoms with van der Waals surface area (Å²) in [6.45, 7) is 0. The molecular weight excluding hydrogens is 1540 g/mol. The molecule has 3 aromatic heterocycles. The number of benzene rings is 6. The zero-order valence-electron chi connectivity index (χ0n) is 45.9. The van der Waals surface area contributed by atoms with Gasteiger partial charge in [-0.3, -0.25) is 29.7 Å². The first-order valence-electron chi connectivity index (χ1n) is 23.9. The largest absolute Gasteiger partial charge is 3.00 e. The van der Waals surface area contributed by atoms with Gasteiger partial charge in [-0.05, 0) is 146 Å². The molecule has 9 aromatic rings. The topological polar surface area (TPSA) is 651 Å². The number of carbonyl (C=O) groups excluding carboxylic acids is 3. The monoisotopic (exact) mass is 1560 g/mol. The summed E-state index contributed by atoms with van der Waals surface area (Å²) in [6.07, 6.45) is 0. The van der Waals surface area contributed by atoms with Crippen LogP contribution in [0.4, 0.5) is 34.1 Å². The van der Waals surface area contributed by atoms with Crippen LogP contribution < -0.4 is 32.0 Å². The minimum atomic E-state index is -4.72. The van der Waals surface area contributed by atoms with Crippen molar-refractivity contribution in [3.8, 4) is 17.1 Å². The Morgan fingerprint density at radius 3 is 0.583 bits per heavy atom. The van der Waals surface area contributed by atoms with E-state index < -0.39 is 159 Å². The van der Waals surface area contributed by atoms with Gasteiger partial charge in [-0.15, -0.1) is 15.3 Å². The molecule has 0 unspecified atom stereocenters. The molecule has 39 nitrogen and oxygen atoms in total. The fourth-order valence-electron chi connectivity index (χ4n) is 7.18. The maximum Gasteiger partial charge on any atom is 3.00 e. The number of hydrogen-bond acceptors (Lipinski definition) is 33. The van der Waals surface area contributed by atoms with E-state index >= 15 is 0 Å². The van der Waals surface area contributed by atoms with Gasteiger partial charge in [0.25, 0.3) is 16.7 Å². The summed E-state index contributed by atoms with van der Waals surface area (Å²) in [7, 11) is -28.2. The number of nitrogens with one attached hydrogen (secondary N) is 3. The standard InChI is InChI=1S/3C16H12N4O9S2.3Fe/c3*21-15-13(18-17-9-1-5-11(6-2-9)30(24,25)26)14(16(22)23)19-20(15)10-3-7-12(8-4-10)31(27,28)29;;;/h3*1-8,19H,(H,22,23)(H,24,25,26)(H,27,28,29);;;/q;;;3*+3/p-9. The summed E-state index contributed by atoms with van der Waals surface area (Å²) < 4.78 is 199. The van der Waals surface area contributed by atoms with Crippen LogP contribution in [0.1, 0.15) is 31.5 Å². The van der Waals surface area contributed by atoms with Crippen molar-refractivity contribution in [2.24, 2.45) is 30.7 Å².